The number of hydrogen-bond donors (Lipinski definition) is 3. The van der Waals surface area contributed by atoms with E-state index in [4.69, 9.17) is 5.73 Å². The van der Waals surface area contributed by atoms with Crippen molar-refractivity contribution in [1.82, 2.24) is 5.32 Å². The highest BCUT2D eigenvalue weighted by Crippen LogP contribution is 2.26. The molecule has 0 radical (unpaired) electrons. The lowest BCUT2D eigenvalue weighted by atomic mass is 9.87. The van der Waals surface area contributed by atoms with Crippen molar-refractivity contribution in [3.05, 3.63) is 24.3 Å². The highest BCUT2D eigenvalue weighted by molar-refractivity contribution is 8.00. The lowest BCUT2D eigenvalue weighted by molar-refractivity contribution is -0.120. The van der Waals surface area contributed by atoms with Gasteiger partial charge in [-0.1, -0.05) is 19.1 Å². The number of rotatable bonds is 7. The number of para-hydroxylation sites is 1. The number of nitrogens with two attached hydrogens (primary N) is 1. The summed E-state index contributed by atoms with van der Waals surface area (Å²) < 4.78 is 0. The third-order valence-electron chi connectivity index (χ3n) is 4.08. The molecule has 2 rings (SSSR count). The monoisotopic (exact) mass is 335 g/mol. The minimum Gasteiger partial charge on any atom is -0.375 e. The maximum absolute atomic E-state index is 12.1. The van der Waals surface area contributed by atoms with Gasteiger partial charge in [0.05, 0.1) is 12.3 Å². The Morgan fingerprint density at radius 3 is 2.61 bits per heavy atom. The van der Waals surface area contributed by atoms with E-state index < -0.39 is 0 Å². The van der Waals surface area contributed by atoms with Crippen LogP contribution in [-0.4, -0.2) is 30.2 Å². The molecule has 6 heteroatoms. The van der Waals surface area contributed by atoms with Crippen LogP contribution in [0.3, 0.4) is 0 Å². The van der Waals surface area contributed by atoms with E-state index in [9.17, 15) is 9.59 Å². The van der Waals surface area contributed by atoms with Crippen molar-refractivity contribution in [3.63, 3.8) is 0 Å². The molecule has 1 aliphatic rings. The van der Waals surface area contributed by atoms with E-state index in [-0.39, 0.29) is 24.1 Å². The second-order valence-corrected chi connectivity index (χ2v) is 7.15. The predicted molar refractivity (Wildman–Crippen MR) is 94.4 cm³/mol. The van der Waals surface area contributed by atoms with Crippen molar-refractivity contribution < 1.29 is 9.59 Å². The van der Waals surface area contributed by atoms with E-state index >= 15 is 0 Å². The molecule has 1 saturated carbocycles. The van der Waals surface area contributed by atoms with Crippen molar-refractivity contribution in [2.45, 2.75) is 43.5 Å². The summed E-state index contributed by atoms with van der Waals surface area (Å²) in [6, 6.07) is 7.92. The topological polar surface area (TPSA) is 84.2 Å². The van der Waals surface area contributed by atoms with Gasteiger partial charge in [0.1, 0.15) is 0 Å². The van der Waals surface area contributed by atoms with E-state index in [1.165, 1.54) is 24.6 Å². The lowest BCUT2D eigenvalue weighted by Crippen LogP contribution is -2.40. The van der Waals surface area contributed by atoms with Crippen LogP contribution in [0.5, 0.6) is 0 Å². The number of nitrogens with one attached hydrogen (secondary N) is 2. The fourth-order valence-corrected chi connectivity index (χ4v) is 3.51. The lowest BCUT2D eigenvalue weighted by Gasteiger charge is -2.27. The van der Waals surface area contributed by atoms with Gasteiger partial charge in [-0.15, -0.1) is 11.8 Å². The smallest absolute Gasteiger partial charge is 0.239 e. The number of thioether (sulfide) groups is 1. The molecule has 1 aromatic carbocycles. The molecular weight excluding hydrogens is 310 g/mol. The molecule has 5 nitrogen and oxygen atoms in total. The Balaban J connectivity index is 1.80. The Labute approximate surface area is 141 Å². The average Bonchev–Trinajstić information content (AvgIpc) is 2.54. The summed E-state index contributed by atoms with van der Waals surface area (Å²) >= 11 is 1.37. The van der Waals surface area contributed by atoms with E-state index in [1.54, 1.807) is 0 Å². The number of amides is 2. The summed E-state index contributed by atoms with van der Waals surface area (Å²) in [6.45, 7) is 2.50. The molecule has 0 unspecified atom stereocenters. The third-order valence-corrected chi connectivity index (χ3v) is 5.17. The van der Waals surface area contributed by atoms with Gasteiger partial charge in [0.2, 0.25) is 11.8 Å². The van der Waals surface area contributed by atoms with Crippen LogP contribution < -0.4 is 16.4 Å². The Bertz CT molecular complexity index is 542. The van der Waals surface area contributed by atoms with Gasteiger partial charge in [-0.3, -0.25) is 9.59 Å². The van der Waals surface area contributed by atoms with Crippen LogP contribution in [0.25, 0.3) is 0 Å². The van der Waals surface area contributed by atoms with Gasteiger partial charge < -0.3 is 16.4 Å². The van der Waals surface area contributed by atoms with E-state index in [1.807, 2.05) is 24.3 Å². The molecule has 1 fully saturated rings. The predicted octanol–water partition coefficient (Wildman–Crippen LogP) is 2.37. The summed E-state index contributed by atoms with van der Waals surface area (Å²) in [5.74, 6) is 0.661. The first-order chi connectivity index (χ1) is 11.0. The quantitative estimate of drug-likeness (QED) is 0.668. The zero-order valence-electron chi connectivity index (χ0n) is 13.5. The van der Waals surface area contributed by atoms with Gasteiger partial charge in [0.25, 0.3) is 0 Å². The van der Waals surface area contributed by atoms with Gasteiger partial charge >= 0.3 is 0 Å². The first-order valence-corrected chi connectivity index (χ1v) is 9.06. The van der Waals surface area contributed by atoms with Crippen LogP contribution in [0, 0.1) is 5.92 Å². The number of hydrogen-bond acceptors (Lipinski definition) is 4. The Morgan fingerprint density at radius 1 is 1.22 bits per heavy atom. The van der Waals surface area contributed by atoms with Crippen LogP contribution in [0.2, 0.25) is 0 Å². The molecular formula is C17H25N3O2S. The van der Waals surface area contributed by atoms with Gasteiger partial charge in [0.15, 0.2) is 0 Å². The van der Waals surface area contributed by atoms with Gasteiger partial charge in [-0.05, 0) is 43.7 Å². The fourth-order valence-electron chi connectivity index (χ4n) is 2.75. The molecule has 0 heterocycles. The van der Waals surface area contributed by atoms with Crippen LogP contribution in [0.1, 0.15) is 32.6 Å². The molecule has 0 spiro atoms. The maximum atomic E-state index is 12.1. The number of primary amides is 1. The number of anilines is 1. The molecule has 126 valence electrons. The van der Waals surface area contributed by atoms with Crippen LogP contribution >= 0.6 is 11.8 Å². The average molecular weight is 335 g/mol. The Morgan fingerprint density at radius 2 is 1.91 bits per heavy atom. The molecule has 23 heavy (non-hydrogen) atoms. The summed E-state index contributed by atoms with van der Waals surface area (Å²) in [5, 5.41) is 6.25. The first kappa shape index (κ1) is 17.7. The molecule has 0 aromatic heterocycles. The maximum Gasteiger partial charge on any atom is 0.239 e. The van der Waals surface area contributed by atoms with Gasteiger partial charge in [0, 0.05) is 16.6 Å². The number of carbonyl (C=O) groups is 2. The summed E-state index contributed by atoms with van der Waals surface area (Å²) in [7, 11) is 0. The van der Waals surface area contributed by atoms with Crippen LogP contribution in [0.15, 0.2) is 29.2 Å². The molecule has 0 aliphatic heterocycles. The Hall–Kier alpha value is -1.69. The van der Waals surface area contributed by atoms with Crippen molar-refractivity contribution in [1.29, 1.82) is 0 Å². The van der Waals surface area contributed by atoms with Crippen molar-refractivity contribution >= 4 is 29.3 Å². The molecule has 1 aromatic rings. The Kier molecular flexibility index (Phi) is 6.77. The molecule has 1 aliphatic carbocycles. The molecule has 0 atom stereocenters. The largest absolute Gasteiger partial charge is 0.375 e. The standard InChI is InChI=1S/C17H25N3O2S/c1-12-6-8-13(9-7-12)20-17(22)10-19-14-4-2-3-5-15(14)23-11-16(18)21/h2-5,12-13,19H,6-11H2,1H3,(H2,18,21)(H,20,22). The van der Waals surface area contributed by atoms with Crippen molar-refractivity contribution in [2.75, 3.05) is 17.6 Å². The third kappa shape index (κ3) is 6.14. The minimum atomic E-state index is -0.353. The fraction of sp³-hybridized carbons (Fsp3) is 0.529. The highest BCUT2D eigenvalue weighted by Gasteiger charge is 2.19. The van der Waals surface area contributed by atoms with Gasteiger partial charge in [-0.25, -0.2) is 0 Å². The minimum absolute atomic E-state index is 0.0132. The summed E-state index contributed by atoms with van der Waals surface area (Å²) in [5.41, 5.74) is 6.04. The van der Waals surface area contributed by atoms with Gasteiger partial charge in [-0.2, -0.15) is 0 Å². The first-order valence-electron chi connectivity index (χ1n) is 8.08. The van der Waals surface area contributed by atoms with Crippen LogP contribution in [-0.2, 0) is 9.59 Å². The molecule has 0 saturated heterocycles. The zero-order chi connectivity index (χ0) is 16.7. The van der Waals surface area contributed by atoms with Crippen LogP contribution in [0.4, 0.5) is 5.69 Å². The summed E-state index contributed by atoms with van der Waals surface area (Å²) in [4.78, 5) is 23.9. The van der Waals surface area contributed by atoms with E-state index in [0.717, 1.165) is 29.3 Å². The zero-order valence-corrected chi connectivity index (χ0v) is 14.3. The second-order valence-electron chi connectivity index (χ2n) is 6.13. The molecule has 0 bridgehead atoms. The highest BCUT2D eigenvalue weighted by atomic mass is 32.2. The molecule has 2 amide bonds. The molecule has 4 N–H and O–H groups in total. The summed E-state index contributed by atoms with van der Waals surface area (Å²) in [6.07, 6.45) is 4.51. The number of benzene rings is 1. The normalized spacial score (nSPS) is 20.7. The second kappa shape index (κ2) is 8.82. The van der Waals surface area contributed by atoms with E-state index in [2.05, 4.69) is 17.6 Å². The number of carbonyl (C=O) groups excluding carboxylic acids is 2. The van der Waals surface area contributed by atoms with Crippen molar-refractivity contribution in [3.8, 4) is 0 Å². The SMILES string of the molecule is CC1CCC(NC(=O)CNc2ccccc2SCC(N)=O)CC1. The van der Waals surface area contributed by atoms with E-state index in [0.29, 0.717) is 6.04 Å². The van der Waals surface area contributed by atoms with Crippen molar-refractivity contribution in [2.24, 2.45) is 11.7 Å².